The van der Waals surface area contributed by atoms with Gasteiger partial charge in [0, 0.05) is 26.2 Å². The second kappa shape index (κ2) is 7.68. The van der Waals surface area contributed by atoms with Crippen LogP contribution in [0.2, 0.25) is 0 Å². The number of methoxy groups -OCH3 is 1. The third kappa shape index (κ3) is 4.13. The van der Waals surface area contributed by atoms with Crippen molar-refractivity contribution >= 4 is 12.0 Å². The molecule has 2 amide bonds. The van der Waals surface area contributed by atoms with Crippen LogP contribution in [0.25, 0.3) is 0 Å². The van der Waals surface area contributed by atoms with Crippen LogP contribution in [0.1, 0.15) is 12.5 Å². The summed E-state index contributed by atoms with van der Waals surface area (Å²) in [5.41, 5.74) is 0.957. The first kappa shape index (κ1) is 16.1. The topological polar surface area (TPSA) is 59.1 Å². The summed E-state index contributed by atoms with van der Waals surface area (Å²) >= 11 is 0. The van der Waals surface area contributed by atoms with Crippen molar-refractivity contribution in [1.82, 2.24) is 9.80 Å². The summed E-state index contributed by atoms with van der Waals surface area (Å²) in [6, 6.07) is 7.49. The van der Waals surface area contributed by atoms with Crippen molar-refractivity contribution in [2.45, 2.75) is 13.3 Å². The second-order valence-electron chi connectivity index (χ2n) is 5.09. The first-order valence-corrected chi connectivity index (χ1v) is 7.46. The Morgan fingerprint density at radius 2 is 1.64 bits per heavy atom. The average molecular weight is 306 g/mol. The number of nitrogens with zero attached hydrogens (tertiary/aromatic N) is 2. The minimum atomic E-state index is -0.301. The fraction of sp³-hybridized carbons (Fsp3) is 0.500. The number of rotatable bonds is 4. The van der Waals surface area contributed by atoms with Gasteiger partial charge in [-0.2, -0.15) is 0 Å². The van der Waals surface area contributed by atoms with Gasteiger partial charge in [-0.15, -0.1) is 0 Å². The molecule has 0 saturated carbocycles. The molecule has 1 aliphatic rings. The third-order valence-electron chi connectivity index (χ3n) is 3.67. The van der Waals surface area contributed by atoms with E-state index in [0.29, 0.717) is 39.2 Å². The number of amides is 2. The summed E-state index contributed by atoms with van der Waals surface area (Å²) in [6.45, 7) is 4.30. The molecule has 120 valence electrons. The Morgan fingerprint density at radius 3 is 2.18 bits per heavy atom. The fourth-order valence-corrected chi connectivity index (χ4v) is 2.38. The van der Waals surface area contributed by atoms with E-state index >= 15 is 0 Å². The van der Waals surface area contributed by atoms with Gasteiger partial charge in [0.2, 0.25) is 5.91 Å². The Balaban J connectivity index is 1.83. The van der Waals surface area contributed by atoms with E-state index in [1.807, 2.05) is 24.3 Å². The molecule has 0 radical (unpaired) electrons. The molecule has 1 fully saturated rings. The molecular formula is C16H22N2O4. The molecule has 0 atom stereocenters. The Labute approximate surface area is 130 Å². The van der Waals surface area contributed by atoms with Crippen molar-refractivity contribution < 1.29 is 19.1 Å². The van der Waals surface area contributed by atoms with E-state index < -0.39 is 0 Å². The SMILES string of the molecule is CCOC(=O)N1CCN(C(=O)Cc2ccc(OC)cc2)CC1. The predicted molar refractivity (Wildman–Crippen MR) is 81.9 cm³/mol. The van der Waals surface area contributed by atoms with E-state index in [9.17, 15) is 9.59 Å². The number of hydrogen-bond donors (Lipinski definition) is 0. The zero-order valence-corrected chi connectivity index (χ0v) is 13.1. The minimum Gasteiger partial charge on any atom is -0.497 e. The number of ether oxygens (including phenoxy) is 2. The van der Waals surface area contributed by atoms with Crippen molar-refractivity contribution in [3.63, 3.8) is 0 Å². The maximum atomic E-state index is 12.3. The molecule has 0 N–H and O–H groups in total. The van der Waals surface area contributed by atoms with Crippen LogP contribution in [-0.2, 0) is 16.0 Å². The van der Waals surface area contributed by atoms with Crippen LogP contribution >= 0.6 is 0 Å². The van der Waals surface area contributed by atoms with Crippen LogP contribution in [0.5, 0.6) is 5.75 Å². The molecule has 6 heteroatoms. The van der Waals surface area contributed by atoms with Gasteiger partial charge in [-0.3, -0.25) is 4.79 Å². The van der Waals surface area contributed by atoms with Crippen LogP contribution in [0.4, 0.5) is 4.79 Å². The molecule has 1 heterocycles. The Hall–Kier alpha value is -2.24. The molecular weight excluding hydrogens is 284 g/mol. The molecule has 0 spiro atoms. The third-order valence-corrected chi connectivity index (χ3v) is 3.67. The molecule has 1 saturated heterocycles. The van der Waals surface area contributed by atoms with E-state index in [1.54, 1.807) is 23.8 Å². The smallest absolute Gasteiger partial charge is 0.409 e. The van der Waals surface area contributed by atoms with E-state index in [1.165, 1.54) is 0 Å². The van der Waals surface area contributed by atoms with Crippen molar-refractivity contribution in [3.05, 3.63) is 29.8 Å². The zero-order chi connectivity index (χ0) is 15.9. The quantitative estimate of drug-likeness (QED) is 0.846. The van der Waals surface area contributed by atoms with Gasteiger partial charge in [0.05, 0.1) is 20.1 Å². The van der Waals surface area contributed by atoms with E-state index in [2.05, 4.69) is 0 Å². The highest BCUT2D eigenvalue weighted by Crippen LogP contribution is 2.13. The van der Waals surface area contributed by atoms with Gasteiger partial charge in [-0.05, 0) is 24.6 Å². The lowest BCUT2D eigenvalue weighted by molar-refractivity contribution is -0.132. The van der Waals surface area contributed by atoms with Crippen molar-refractivity contribution in [2.24, 2.45) is 0 Å². The highest BCUT2D eigenvalue weighted by atomic mass is 16.6. The van der Waals surface area contributed by atoms with Gasteiger partial charge >= 0.3 is 6.09 Å². The maximum Gasteiger partial charge on any atom is 0.409 e. The van der Waals surface area contributed by atoms with Crippen molar-refractivity contribution in [2.75, 3.05) is 39.9 Å². The average Bonchev–Trinajstić information content (AvgIpc) is 2.56. The lowest BCUT2D eigenvalue weighted by Gasteiger charge is -2.34. The Morgan fingerprint density at radius 1 is 1.05 bits per heavy atom. The minimum absolute atomic E-state index is 0.0775. The molecule has 2 rings (SSSR count). The number of carbonyl (C=O) groups excluding carboxylic acids is 2. The number of hydrogen-bond acceptors (Lipinski definition) is 4. The number of benzene rings is 1. The first-order chi connectivity index (χ1) is 10.6. The van der Waals surface area contributed by atoms with Crippen LogP contribution < -0.4 is 4.74 Å². The Kier molecular flexibility index (Phi) is 5.63. The summed E-state index contributed by atoms with van der Waals surface area (Å²) in [5, 5.41) is 0. The van der Waals surface area contributed by atoms with Gasteiger partial charge in [-0.1, -0.05) is 12.1 Å². The van der Waals surface area contributed by atoms with E-state index in [0.717, 1.165) is 11.3 Å². The lowest BCUT2D eigenvalue weighted by atomic mass is 10.1. The molecule has 0 unspecified atom stereocenters. The highest BCUT2D eigenvalue weighted by molar-refractivity contribution is 5.79. The molecule has 0 aromatic heterocycles. The van der Waals surface area contributed by atoms with Gasteiger partial charge < -0.3 is 19.3 Å². The summed E-state index contributed by atoms with van der Waals surface area (Å²) in [6.07, 6.45) is 0.0633. The van der Waals surface area contributed by atoms with Crippen molar-refractivity contribution in [3.8, 4) is 5.75 Å². The molecule has 1 aromatic rings. The standard InChI is InChI=1S/C16H22N2O4/c1-3-22-16(20)18-10-8-17(9-11-18)15(19)12-13-4-6-14(21-2)7-5-13/h4-7H,3,8-12H2,1-2H3. The summed E-state index contributed by atoms with van der Waals surface area (Å²) in [5.74, 6) is 0.855. The molecule has 22 heavy (non-hydrogen) atoms. The largest absolute Gasteiger partial charge is 0.497 e. The van der Waals surface area contributed by atoms with Gasteiger partial charge in [0.1, 0.15) is 5.75 Å². The predicted octanol–water partition coefficient (Wildman–Crippen LogP) is 1.54. The number of carbonyl (C=O) groups is 2. The first-order valence-electron chi connectivity index (χ1n) is 7.46. The molecule has 6 nitrogen and oxygen atoms in total. The van der Waals surface area contributed by atoms with Crippen LogP contribution in [0.3, 0.4) is 0 Å². The van der Waals surface area contributed by atoms with Crippen LogP contribution in [-0.4, -0.2) is 61.7 Å². The highest BCUT2D eigenvalue weighted by Gasteiger charge is 2.24. The number of piperazine rings is 1. The molecule has 1 aliphatic heterocycles. The molecule has 1 aromatic carbocycles. The van der Waals surface area contributed by atoms with Crippen molar-refractivity contribution in [1.29, 1.82) is 0 Å². The lowest BCUT2D eigenvalue weighted by Crippen LogP contribution is -2.51. The summed E-state index contributed by atoms with van der Waals surface area (Å²) in [4.78, 5) is 27.3. The van der Waals surface area contributed by atoms with Gasteiger partial charge in [0.25, 0.3) is 0 Å². The van der Waals surface area contributed by atoms with Gasteiger partial charge in [0.15, 0.2) is 0 Å². The van der Waals surface area contributed by atoms with Gasteiger partial charge in [-0.25, -0.2) is 4.79 Å². The fourth-order valence-electron chi connectivity index (χ4n) is 2.38. The molecule has 0 aliphatic carbocycles. The van der Waals surface area contributed by atoms with Crippen LogP contribution in [0.15, 0.2) is 24.3 Å². The monoisotopic (exact) mass is 306 g/mol. The Bertz CT molecular complexity index is 507. The zero-order valence-electron chi connectivity index (χ0n) is 13.1. The summed E-state index contributed by atoms with van der Waals surface area (Å²) < 4.78 is 10.1. The molecule has 0 bridgehead atoms. The second-order valence-corrected chi connectivity index (χ2v) is 5.09. The van der Waals surface area contributed by atoms with Crippen LogP contribution in [0, 0.1) is 0 Å². The van der Waals surface area contributed by atoms with E-state index in [-0.39, 0.29) is 12.0 Å². The summed E-state index contributed by atoms with van der Waals surface area (Å²) in [7, 11) is 1.61. The normalized spacial score (nSPS) is 14.6. The maximum absolute atomic E-state index is 12.3. The van der Waals surface area contributed by atoms with E-state index in [4.69, 9.17) is 9.47 Å².